The minimum atomic E-state index is 0.561. The third-order valence-corrected chi connectivity index (χ3v) is 3.97. The largest absolute Gasteiger partial charge is 0.364 e. The van der Waals surface area contributed by atoms with Gasteiger partial charge in [0.1, 0.15) is 6.26 Å². The van der Waals surface area contributed by atoms with Crippen molar-refractivity contribution in [1.82, 2.24) is 20.2 Å². The van der Waals surface area contributed by atoms with Crippen LogP contribution in [0.2, 0.25) is 0 Å². The Bertz CT molecular complexity index is 733. The molecular weight excluding hydrogens is 294 g/mol. The number of hydrogen-bond acceptors (Lipinski definition) is 7. The maximum atomic E-state index is 5.38. The van der Waals surface area contributed by atoms with E-state index < -0.39 is 0 Å². The van der Waals surface area contributed by atoms with E-state index in [1.54, 1.807) is 6.26 Å². The van der Waals surface area contributed by atoms with E-state index in [9.17, 15) is 0 Å². The molecule has 1 aromatic carbocycles. The van der Waals surface area contributed by atoms with Crippen LogP contribution in [0.25, 0.3) is 11.5 Å². The van der Waals surface area contributed by atoms with E-state index in [2.05, 4.69) is 25.1 Å². The second kappa shape index (κ2) is 6.21. The zero-order valence-corrected chi connectivity index (χ0v) is 12.6. The molecule has 0 amide bonds. The van der Waals surface area contributed by atoms with Gasteiger partial charge in [-0.25, -0.2) is 0 Å². The Morgan fingerprint density at radius 3 is 2.52 bits per heavy atom. The monoisotopic (exact) mass is 311 g/mol. The molecule has 0 N–H and O–H groups in total. The van der Waals surface area contributed by atoms with Crippen molar-refractivity contribution in [1.29, 1.82) is 0 Å². The molecule has 3 heterocycles. The van der Waals surface area contributed by atoms with Crippen LogP contribution in [0.1, 0.15) is 5.69 Å². The van der Waals surface area contributed by atoms with Gasteiger partial charge in [0.25, 0.3) is 11.8 Å². The van der Waals surface area contributed by atoms with Gasteiger partial charge in [-0.2, -0.15) is 4.98 Å². The van der Waals surface area contributed by atoms with E-state index in [-0.39, 0.29) is 0 Å². The Hall–Kier alpha value is -2.67. The fourth-order valence-electron chi connectivity index (χ4n) is 2.70. The minimum absolute atomic E-state index is 0.561. The first-order chi connectivity index (χ1) is 11.4. The molecule has 0 aliphatic carbocycles. The molecule has 2 aromatic heterocycles. The van der Waals surface area contributed by atoms with Gasteiger partial charge in [0.2, 0.25) is 0 Å². The molecule has 0 unspecified atom stereocenters. The van der Waals surface area contributed by atoms with Gasteiger partial charge < -0.3 is 13.9 Å². The van der Waals surface area contributed by atoms with Crippen molar-refractivity contribution >= 4 is 5.95 Å². The number of hydrogen-bond donors (Lipinski definition) is 0. The van der Waals surface area contributed by atoms with Gasteiger partial charge in [0.05, 0.1) is 5.69 Å². The Morgan fingerprint density at radius 2 is 1.78 bits per heavy atom. The number of anilines is 1. The van der Waals surface area contributed by atoms with Crippen LogP contribution in [0, 0.1) is 0 Å². The summed E-state index contributed by atoms with van der Waals surface area (Å²) in [5.41, 5.74) is 1.90. The second-order valence-corrected chi connectivity index (χ2v) is 5.52. The molecule has 4 rings (SSSR count). The maximum Gasteiger partial charge on any atom is 0.266 e. The molecule has 1 fully saturated rings. The topological polar surface area (TPSA) is 71.4 Å². The van der Waals surface area contributed by atoms with E-state index in [1.807, 2.05) is 36.4 Å². The molecule has 1 aliphatic heterocycles. The van der Waals surface area contributed by atoms with Crippen molar-refractivity contribution < 1.29 is 9.05 Å². The summed E-state index contributed by atoms with van der Waals surface area (Å²) >= 11 is 0. The molecule has 23 heavy (non-hydrogen) atoms. The molecule has 7 heteroatoms. The zero-order chi connectivity index (χ0) is 15.5. The molecular formula is C16H17N5O2. The van der Waals surface area contributed by atoms with Gasteiger partial charge in [-0.3, -0.25) is 4.90 Å². The Labute approximate surface area is 133 Å². The van der Waals surface area contributed by atoms with Crippen LogP contribution >= 0.6 is 0 Å². The lowest BCUT2D eigenvalue weighted by Crippen LogP contribution is -2.46. The van der Waals surface area contributed by atoms with Crippen molar-refractivity contribution in [3.63, 3.8) is 0 Å². The Balaban J connectivity index is 1.38. The molecule has 1 saturated heterocycles. The van der Waals surface area contributed by atoms with Gasteiger partial charge in [-0.15, -0.1) is 0 Å². The van der Waals surface area contributed by atoms with Crippen LogP contribution in [-0.2, 0) is 6.54 Å². The summed E-state index contributed by atoms with van der Waals surface area (Å²) < 4.78 is 10.2. The van der Waals surface area contributed by atoms with Crippen molar-refractivity contribution in [2.75, 3.05) is 31.1 Å². The number of rotatable bonds is 4. The Morgan fingerprint density at radius 1 is 0.957 bits per heavy atom. The zero-order valence-electron chi connectivity index (χ0n) is 12.6. The molecule has 1 aliphatic rings. The van der Waals surface area contributed by atoms with Crippen LogP contribution in [0.4, 0.5) is 5.95 Å². The highest BCUT2D eigenvalue weighted by molar-refractivity contribution is 5.54. The minimum Gasteiger partial charge on any atom is -0.364 e. The molecule has 118 valence electrons. The van der Waals surface area contributed by atoms with Crippen molar-refractivity contribution in [2.45, 2.75) is 6.54 Å². The third-order valence-electron chi connectivity index (χ3n) is 3.97. The highest BCUT2D eigenvalue weighted by Crippen LogP contribution is 2.20. The fraction of sp³-hybridized carbons (Fsp3) is 0.312. The summed E-state index contributed by atoms with van der Waals surface area (Å²) in [5.74, 6) is 1.22. The number of benzene rings is 1. The van der Waals surface area contributed by atoms with Crippen LogP contribution in [0.3, 0.4) is 0 Å². The van der Waals surface area contributed by atoms with Crippen molar-refractivity contribution in [2.24, 2.45) is 0 Å². The predicted molar refractivity (Wildman–Crippen MR) is 83.7 cm³/mol. The van der Waals surface area contributed by atoms with Crippen LogP contribution in [-0.4, -0.2) is 46.4 Å². The summed E-state index contributed by atoms with van der Waals surface area (Å²) in [7, 11) is 0. The summed E-state index contributed by atoms with van der Waals surface area (Å²) in [6, 6.07) is 11.7. The first-order valence-electron chi connectivity index (χ1n) is 7.64. The normalized spacial score (nSPS) is 15.9. The lowest BCUT2D eigenvalue weighted by molar-refractivity contribution is 0.240. The van der Waals surface area contributed by atoms with E-state index >= 15 is 0 Å². The number of nitrogens with zero attached hydrogens (tertiary/aromatic N) is 5. The molecule has 0 saturated carbocycles. The molecule has 3 aromatic rings. The fourth-order valence-corrected chi connectivity index (χ4v) is 2.70. The van der Waals surface area contributed by atoms with Crippen LogP contribution in [0.5, 0.6) is 0 Å². The summed E-state index contributed by atoms with van der Waals surface area (Å²) in [5, 5.41) is 8.07. The smallest absolute Gasteiger partial charge is 0.266 e. The number of piperazine rings is 1. The second-order valence-electron chi connectivity index (χ2n) is 5.52. The predicted octanol–water partition coefficient (Wildman–Crippen LogP) is 2.05. The molecule has 0 spiro atoms. The molecule has 0 atom stereocenters. The summed E-state index contributed by atoms with van der Waals surface area (Å²) in [6.07, 6.45) is 1.61. The SMILES string of the molecule is c1ccc(-c2nc(N3CCN(Cc4ccon4)CC3)no2)cc1. The van der Waals surface area contributed by atoms with Gasteiger partial charge in [0, 0.05) is 44.4 Å². The average molecular weight is 311 g/mol. The van der Waals surface area contributed by atoms with Crippen LogP contribution in [0.15, 0.2) is 51.7 Å². The van der Waals surface area contributed by atoms with Crippen molar-refractivity contribution in [3.05, 3.63) is 48.4 Å². The summed E-state index contributed by atoms with van der Waals surface area (Å²) in [4.78, 5) is 9.00. The average Bonchev–Trinajstić information content (AvgIpc) is 3.28. The highest BCUT2D eigenvalue weighted by atomic mass is 16.5. The van der Waals surface area contributed by atoms with Gasteiger partial charge in [-0.05, 0) is 17.3 Å². The molecule has 0 bridgehead atoms. The van der Waals surface area contributed by atoms with Crippen LogP contribution < -0.4 is 4.90 Å². The molecule has 0 radical (unpaired) electrons. The van der Waals surface area contributed by atoms with E-state index in [0.717, 1.165) is 44.0 Å². The lowest BCUT2D eigenvalue weighted by Gasteiger charge is -2.33. The first kappa shape index (κ1) is 14.0. The first-order valence-corrected chi connectivity index (χ1v) is 7.64. The van der Waals surface area contributed by atoms with Crippen molar-refractivity contribution in [3.8, 4) is 11.5 Å². The standard InChI is InChI=1S/C16H17N5O2/c1-2-4-13(5-3-1)15-17-16(19-23-15)21-9-7-20(8-10-21)12-14-6-11-22-18-14/h1-6,11H,7-10,12H2. The van der Waals surface area contributed by atoms with E-state index in [0.29, 0.717) is 11.8 Å². The molecule has 7 nitrogen and oxygen atoms in total. The quantitative estimate of drug-likeness (QED) is 0.730. The highest BCUT2D eigenvalue weighted by Gasteiger charge is 2.21. The summed E-state index contributed by atoms with van der Waals surface area (Å²) in [6.45, 7) is 4.41. The van der Waals surface area contributed by atoms with E-state index in [1.165, 1.54) is 0 Å². The van der Waals surface area contributed by atoms with E-state index in [4.69, 9.17) is 9.05 Å². The van der Waals surface area contributed by atoms with Gasteiger partial charge in [0.15, 0.2) is 0 Å². The lowest BCUT2D eigenvalue weighted by atomic mass is 10.2. The van der Waals surface area contributed by atoms with Gasteiger partial charge in [-0.1, -0.05) is 23.4 Å². The third kappa shape index (κ3) is 3.09. The maximum absolute atomic E-state index is 5.38. The Kier molecular flexibility index (Phi) is 3.77. The van der Waals surface area contributed by atoms with Gasteiger partial charge >= 0.3 is 0 Å². The number of aromatic nitrogens is 3.